The van der Waals surface area contributed by atoms with E-state index in [1.807, 2.05) is 0 Å². The van der Waals surface area contributed by atoms with Gasteiger partial charge in [0.1, 0.15) is 0 Å². The van der Waals surface area contributed by atoms with Gasteiger partial charge < -0.3 is 5.32 Å². The first-order valence-electron chi connectivity index (χ1n) is 6.54. The molecule has 1 N–H and O–H groups in total. The molecule has 1 rings (SSSR count). The van der Waals surface area contributed by atoms with Crippen LogP contribution in [-0.4, -0.2) is 6.54 Å². The molecule has 0 spiro atoms. The summed E-state index contributed by atoms with van der Waals surface area (Å²) >= 11 is 2.48. The molecule has 1 aromatic rings. The van der Waals surface area contributed by atoms with Crippen molar-refractivity contribution in [2.24, 2.45) is 5.92 Å². The van der Waals surface area contributed by atoms with Crippen LogP contribution in [0.25, 0.3) is 0 Å². The maximum atomic E-state index is 3.68. The van der Waals surface area contributed by atoms with Gasteiger partial charge in [0.25, 0.3) is 0 Å². The fourth-order valence-electron chi connectivity index (χ4n) is 2.05. The molecular weight excluding hydrogens is 321 g/mol. The highest BCUT2D eigenvalue weighted by Crippen LogP contribution is 2.27. The zero-order valence-corrected chi connectivity index (χ0v) is 13.5. The molecule has 0 aromatic heterocycles. The van der Waals surface area contributed by atoms with E-state index in [1.165, 1.54) is 27.5 Å². The van der Waals surface area contributed by atoms with Gasteiger partial charge in [-0.05, 0) is 65.9 Å². The summed E-state index contributed by atoms with van der Waals surface area (Å²) in [7, 11) is 0. The van der Waals surface area contributed by atoms with Gasteiger partial charge >= 0.3 is 0 Å². The number of rotatable bonds is 6. The first-order valence-corrected chi connectivity index (χ1v) is 7.62. The average molecular weight is 345 g/mol. The highest BCUT2D eigenvalue weighted by molar-refractivity contribution is 14.1. The SMILES string of the molecule is CCCNC(CC(C)C)c1cccc(C)c1I. The van der Waals surface area contributed by atoms with E-state index in [2.05, 4.69) is 73.8 Å². The van der Waals surface area contributed by atoms with Crippen LogP contribution in [0.3, 0.4) is 0 Å². The molecule has 0 aliphatic heterocycles. The van der Waals surface area contributed by atoms with Crippen molar-refractivity contribution in [3.63, 3.8) is 0 Å². The summed E-state index contributed by atoms with van der Waals surface area (Å²) in [4.78, 5) is 0. The molecule has 1 atom stereocenters. The van der Waals surface area contributed by atoms with Gasteiger partial charge in [-0.2, -0.15) is 0 Å². The van der Waals surface area contributed by atoms with Crippen molar-refractivity contribution in [1.29, 1.82) is 0 Å². The van der Waals surface area contributed by atoms with Crippen LogP contribution in [0.5, 0.6) is 0 Å². The first-order chi connectivity index (χ1) is 8.06. The van der Waals surface area contributed by atoms with E-state index in [0.717, 1.165) is 12.5 Å². The van der Waals surface area contributed by atoms with Gasteiger partial charge in [-0.3, -0.25) is 0 Å². The second-order valence-electron chi connectivity index (χ2n) is 5.11. The molecule has 0 saturated carbocycles. The third-order valence-corrected chi connectivity index (χ3v) is 4.42. The molecular formula is C15H24IN. The maximum Gasteiger partial charge on any atom is 0.0333 e. The van der Waals surface area contributed by atoms with Crippen molar-refractivity contribution >= 4 is 22.6 Å². The van der Waals surface area contributed by atoms with Crippen molar-refractivity contribution in [2.45, 2.75) is 46.6 Å². The standard InChI is InChI=1S/C15H24IN/c1-5-9-17-14(10-11(2)3)13-8-6-7-12(4)15(13)16/h6-8,11,14,17H,5,9-10H2,1-4H3. The molecule has 0 amide bonds. The minimum atomic E-state index is 0.502. The zero-order valence-electron chi connectivity index (χ0n) is 11.4. The first kappa shape index (κ1) is 15.0. The van der Waals surface area contributed by atoms with Gasteiger partial charge in [-0.25, -0.2) is 0 Å². The second kappa shape index (κ2) is 7.37. The molecule has 0 fully saturated rings. The van der Waals surface area contributed by atoms with Crippen LogP contribution < -0.4 is 5.32 Å². The lowest BCUT2D eigenvalue weighted by Gasteiger charge is -2.23. The Balaban J connectivity index is 2.90. The molecule has 17 heavy (non-hydrogen) atoms. The zero-order chi connectivity index (χ0) is 12.8. The number of hydrogen-bond donors (Lipinski definition) is 1. The van der Waals surface area contributed by atoms with Gasteiger partial charge in [-0.1, -0.05) is 39.0 Å². The van der Waals surface area contributed by atoms with Crippen molar-refractivity contribution in [3.05, 3.63) is 32.9 Å². The van der Waals surface area contributed by atoms with E-state index < -0.39 is 0 Å². The van der Waals surface area contributed by atoms with E-state index in [0.29, 0.717) is 6.04 Å². The van der Waals surface area contributed by atoms with Gasteiger partial charge in [0.15, 0.2) is 0 Å². The topological polar surface area (TPSA) is 12.0 Å². The smallest absolute Gasteiger partial charge is 0.0333 e. The van der Waals surface area contributed by atoms with Crippen LogP contribution in [0.2, 0.25) is 0 Å². The Morgan fingerprint density at radius 3 is 2.59 bits per heavy atom. The molecule has 2 heteroatoms. The largest absolute Gasteiger partial charge is 0.310 e. The molecule has 0 radical (unpaired) electrons. The van der Waals surface area contributed by atoms with Gasteiger partial charge in [0.2, 0.25) is 0 Å². The van der Waals surface area contributed by atoms with Gasteiger partial charge in [0, 0.05) is 9.61 Å². The Hall–Kier alpha value is -0.0900. The summed E-state index contributed by atoms with van der Waals surface area (Å²) in [5.41, 5.74) is 2.85. The van der Waals surface area contributed by atoms with E-state index in [9.17, 15) is 0 Å². The number of hydrogen-bond acceptors (Lipinski definition) is 1. The number of benzene rings is 1. The molecule has 0 aliphatic carbocycles. The summed E-state index contributed by atoms with van der Waals surface area (Å²) in [5.74, 6) is 0.723. The van der Waals surface area contributed by atoms with Crippen molar-refractivity contribution in [3.8, 4) is 0 Å². The van der Waals surface area contributed by atoms with Gasteiger partial charge in [0.05, 0.1) is 0 Å². The van der Waals surface area contributed by atoms with Crippen LogP contribution >= 0.6 is 22.6 Å². The molecule has 1 aromatic carbocycles. The third kappa shape index (κ3) is 4.59. The second-order valence-corrected chi connectivity index (χ2v) is 6.19. The molecule has 96 valence electrons. The Morgan fingerprint density at radius 2 is 2.00 bits per heavy atom. The Kier molecular flexibility index (Phi) is 6.49. The van der Waals surface area contributed by atoms with Crippen molar-refractivity contribution in [2.75, 3.05) is 6.54 Å². The van der Waals surface area contributed by atoms with Crippen molar-refractivity contribution < 1.29 is 0 Å². The minimum absolute atomic E-state index is 0.502. The van der Waals surface area contributed by atoms with Crippen LogP contribution in [0, 0.1) is 16.4 Å². The fourth-order valence-corrected chi connectivity index (χ4v) is 2.78. The Labute approximate surface area is 120 Å². The lowest BCUT2D eigenvalue weighted by molar-refractivity contribution is 0.429. The van der Waals surface area contributed by atoms with Crippen LogP contribution in [-0.2, 0) is 0 Å². The van der Waals surface area contributed by atoms with E-state index in [4.69, 9.17) is 0 Å². The number of nitrogens with one attached hydrogen (secondary N) is 1. The highest BCUT2D eigenvalue weighted by Gasteiger charge is 2.15. The van der Waals surface area contributed by atoms with E-state index in [-0.39, 0.29) is 0 Å². The van der Waals surface area contributed by atoms with Crippen LogP contribution in [0.4, 0.5) is 0 Å². The normalized spacial score (nSPS) is 13.1. The molecule has 0 heterocycles. The quantitative estimate of drug-likeness (QED) is 0.738. The maximum absolute atomic E-state index is 3.68. The van der Waals surface area contributed by atoms with Crippen LogP contribution in [0.1, 0.15) is 50.8 Å². The minimum Gasteiger partial charge on any atom is -0.310 e. The molecule has 0 aliphatic rings. The fraction of sp³-hybridized carbons (Fsp3) is 0.600. The predicted molar refractivity (Wildman–Crippen MR) is 84.4 cm³/mol. The molecule has 1 nitrogen and oxygen atoms in total. The van der Waals surface area contributed by atoms with Gasteiger partial charge in [-0.15, -0.1) is 0 Å². The predicted octanol–water partition coefficient (Wildman–Crippen LogP) is 4.69. The molecule has 0 bridgehead atoms. The average Bonchev–Trinajstić information content (AvgIpc) is 2.28. The third-order valence-electron chi connectivity index (χ3n) is 2.94. The lowest BCUT2D eigenvalue weighted by atomic mass is 9.96. The Bertz CT molecular complexity index is 347. The summed E-state index contributed by atoms with van der Waals surface area (Å²) in [6.07, 6.45) is 2.40. The summed E-state index contributed by atoms with van der Waals surface area (Å²) < 4.78 is 1.42. The summed E-state index contributed by atoms with van der Waals surface area (Å²) in [5, 5.41) is 3.68. The monoisotopic (exact) mass is 345 g/mol. The summed E-state index contributed by atoms with van der Waals surface area (Å²) in [6.45, 7) is 10.1. The lowest BCUT2D eigenvalue weighted by Crippen LogP contribution is -2.24. The Morgan fingerprint density at radius 1 is 1.29 bits per heavy atom. The highest BCUT2D eigenvalue weighted by atomic mass is 127. The van der Waals surface area contributed by atoms with E-state index >= 15 is 0 Å². The summed E-state index contributed by atoms with van der Waals surface area (Å²) in [6, 6.07) is 7.14. The van der Waals surface area contributed by atoms with E-state index in [1.54, 1.807) is 0 Å². The van der Waals surface area contributed by atoms with Crippen LogP contribution in [0.15, 0.2) is 18.2 Å². The molecule has 0 saturated heterocycles. The number of aryl methyl sites for hydroxylation is 1. The van der Waals surface area contributed by atoms with Crippen molar-refractivity contribution in [1.82, 2.24) is 5.32 Å². The molecule has 1 unspecified atom stereocenters. The number of halogens is 1.